The van der Waals surface area contributed by atoms with E-state index in [1.807, 2.05) is 50.2 Å². The van der Waals surface area contributed by atoms with Crippen molar-refractivity contribution in [3.63, 3.8) is 0 Å². The Hall–Kier alpha value is -2.35. The molecule has 0 saturated heterocycles. The summed E-state index contributed by atoms with van der Waals surface area (Å²) in [6.07, 6.45) is 0.668. The summed E-state index contributed by atoms with van der Waals surface area (Å²) in [5, 5.41) is 14.7. The van der Waals surface area contributed by atoms with Crippen molar-refractivity contribution in [1.29, 1.82) is 0 Å². The lowest BCUT2D eigenvalue weighted by Crippen LogP contribution is -2.36. The molecule has 0 aliphatic heterocycles. The van der Waals surface area contributed by atoms with Crippen LogP contribution in [0.3, 0.4) is 0 Å². The van der Waals surface area contributed by atoms with Gasteiger partial charge in [-0.15, -0.1) is 0 Å². The van der Waals surface area contributed by atoms with Crippen LogP contribution in [0.2, 0.25) is 0 Å². The predicted octanol–water partition coefficient (Wildman–Crippen LogP) is 3.68. The van der Waals surface area contributed by atoms with Crippen molar-refractivity contribution in [2.75, 3.05) is 0 Å². The molecule has 0 N–H and O–H groups in total. The molecule has 100 valence electrons. The third-order valence-electron chi connectivity index (χ3n) is 3.92. The molecule has 1 heterocycles. The molecule has 0 aliphatic rings. The second-order valence-corrected chi connectivity index (χ2v) is 5.16. The normalized spacial score (nSPS) is 10.9. The second kappa shape index (κ2) is 4.97. The molecular formula is C18H17NO. The minimum absolute atomic E-state index is 0.668. The summed E-state index contributed by atoms with van der Waals surface area (Å²) in [5.74, 6) is 0. The molecule has 3 aromatic rings. The van der Waals surface area contributed by atoms with Gasteiger partial charge >= 0.3 is 0 Å². The van der Waals surface area contributed by atoms with Crippen molar-refractivity contribution in [1.82, 2.24) is 0 Å². The lowest BCUT2D eigenvalue weighted by Gasteiger charge is -2.13. The van der Waals surface area contributed by atoms with E-state index < -0.39 is 0 Å². The zero-order chi connectivity index (χ0) is 14.1. The number of aromatic nitrogens is 1. The lowest BCUT2D eigenvalue weighted by atomic mass is 9.99. The summed E-state index contributed by atoms with van der Waals surface area (Å²) in [6.45, 7) is 3.93. The van der Waals surface area contributed by atoms with Crippen LogP contribution in [0.15, 0.2) is 54.6 Å². The van der Waals surface area contributed by atoms with Gasteiger partial charge in [0.25, 0.3) is 0 Å². The Kier molecular flexibility index (Phi) is 3.15. The van der Waals surface area contributed by atoms with E-state index >= 15 is 0 Å². The van der Waals surface area contributed by atoms with Crippen LogP contribution < -0.4 is 4.73 Å². The molecule has 0 aliphatic carbocycles. The number of fused-ring (bicyclic) bond motifs is 1. The van der Waals surface area contributed by atoms with Gasteiger partial charge < -0.3 is 5.21 Å². The van der Waals surface area contributed by atoms with Gasteiger partial charge in [0.2, 0.25) is 5.69 Å². The number of nitrogens with zero attached hydrogens (tertiary/aromatic N) is 1. The highest BCUT2D eigenvalue weighted by Crippen LogP contribution is 2.23. The van der Waals surface area contributed by atoms with Crippen molar-refractivity contribution < 1.29 is 4.73 Å². The summed E-state index contributed by atoms with van der Waals surface area (Å²) in [5.41, 5.74) is 3.85. The van der Waals surface area contributed by atoms with Gasteiger partial charge in [-0.2, -0.15) is 4.73 Å². The van der Waals surface area contributed by atoms with Crippen molar-refractivity contribution in [3.8, 4) is 0 Å². The van der Waals surface area contributed by atoms with Gasteiger partial charge in [-0.1, -0.05) is 48.5 Å². The summed E-state index contributed by atoms with van der Waals surface area (Å²) in [4.78, 5) is 0. The summed E-state index contributed by atoms with van der Waals surface area (Å²) < 4.78 is 1.09. The van der Waals surface area contributed by atoms with E-state index in [2.05, 4.69) is 18.2 Å². The highest BCUT2D eigenvalue weighted by Gasteiger charge is 2.18. The molecule has 0 spiro atoms. The number of pyridine rings is 1. The Balaban J connectivity index is 2.21. The molecule has 2 nitrogen and oxygen atoms in total. The number of rotatable bonds is 2. The van der Waals surface area contributed by atoms with Gasteiger partial charge in [0.1, 0.15) is 0 Å². The van der Waals surface area contributed by atoms with Crippen molar-refractivity contribution in [2.45, 2.75) is 20.3 Å². The molecule has 0 atom stereocenters. The van der Waals surface area contributed by atoms with Crippen LogP contribution >= 0.6 is 0 Å². The standard InChI is InChI=1S/C18H17NO/c1-13-16-10-6-7-11-17(16)14(2)19(20)18(13)12-15-8-4-3-5-9-15/h3-11H,12H2,1-2H3. The van der Waals surface area contributed by atoms with E-state index in [1.165, 1.54) is 5.39 Å². The first kappa shape index (κ1) is 12.7. The monoisotopic (exact) mass is 263 g/mol. The van der Waals surface area contributed by atoms with Crippen molar-refractivity contribution in [2.24, 2.45) is 0 Å². The molecule has 0 amide bonds. The van der Waals surface area contributed by atoms with Gasteiger partial charge in [-0.05, 0) is 23.9 Å². The Bertz CT molecular complexity index is 763. The highest BCUT2D eigenvalue weighted by atomic mass is 16.5. The third kappa shape index (κ3) is 2.03. The lowest BCUT2D eigenvalue weighted by molar-refractivity contribution is -0.619. The Morgan fingerprint density at radius 1 is 0.850 bits per heavy atom. The van der Waals surface area contributed by atoms with Gasteiger partial charge in [0.15, 0.2) is 5.69 Å². The van der Waals surface area contributed by atoms with E-state index in [4.69, 9.17) is 0 Å². The van der Waals surface area contributed by atoms with Crippen LogP contribution in [0, 0.1) is 19.1 Å². The van der Waals surface area contributed by atoms with E-state index in [0.717, 1.165) is 32.6 Å². The predicted molar refractivity (Wildman–Crippen MR) is 81.6 cm³/mol. The quantitative estimate of drug-likeness (QED) is 0.512. The van der Waals surface area contributed by atoms with E-state index in [9.17, 15) is 5.21 Å². The van der Waals surface area contributed by atoms with Crippen LogP contribution in [0.25, 0.3) is 10.8 Å². The molecule has 0 radical (unpaired) electrons. The fraction of sp³-hybridized carbons (Fsp3) is 0.167. The van der Waals surface area contributed by atoms with Crippen LogP contribution in [0.4, 0.5) is 0 Å². The van der Waals surface area contributed by atoms with Gasteiger partial charge in [0.05, 0.1) is 11.8 Å². The first-order chi connectivity index (χ1) is 9.68. The highest BCUT2D eigenvalue weighted by molar-refractivity contribution is 5.86. The smallest absolute Gasteiger partial charge is 0.200 e. The molecule has 0 saturated carbocycles. The van der Waals surface area contributed by atoms with Gasteiger partial charge in [-0.3, -0.25) is 0 Å². The van der Waals surface area contributed by atoms with Gasteiger partial charge in [-0.25, -0.2) is 0 Å². The maximum Gasteiger partial charge on any atom is 0.200 e. The van der Waals surface area contributed by atoms with Crippen molar-refractivity contribution >= 4 is 10.8 Å². The van der Waals surface area contributed by atoms with Gasteiger partial charge in [0, 0.05) is 12.5 Å². The van der Waals surface area contributed by atoms with Crippen molar-refractivity contribution in [3.05, 3.63) is 82.3 Å². The Morgan fingerprint density at radius 2 is 1.45 bits per heavy atom. The molecule has 2 heteroatoms. The Morgan fingerprint density at radius 3 is 2.15 bits per heavy atom. The van der Waals surface area contributed by atoms with E-state index in [1.54, 1.807) is 0 Å². The molecule has 3 rings (SSSR count). The zero-order valence-electron chi connectivity index (χ0n) is 11.8. The minimum Gasteiger partial charge on any atom is -0.618 e. The maximum atomic E-state index is 12.5. The first-order valence-electron chi connectivity index (χ1n) is 6.82. The molecular weight excluding hydrogens is 246 g/mol. The summed E-state index contributed by atoms with van der Waals surface area (Å²) in [7, 11) is 0. The van der Waals surface area contributed by atoms with Crippen LogP contribution in [0.5, 0.6) is 0 Å². The fourth-order valence-corrected chi connectivity index (χ4v) is 2.74. The average molecular weight is 263 g/mol. The number of hydrogen-bond acceptors (Lipinski definition) is 1. The Labute approximate surface area is 118 Å². The number of aryl methyl sites for hydroxylation is 2. The zero-order valence-corrected chi connectivity index (χ0v) is 11.8. The van der Waals surface area contributed by atoms with E-state index in [0.29, 0.717) is 6.42 Å². The SMILES string of the molecule is Cc1c(Cc2ccccc2)[n+]([O-])c(C)c2ccccc12. The van der Waals surface area contributed by atoms with Crippen LogP contribution in [0.1, 0.15) is 22.5 Å². The summed E-state index contributed by atoms with van der Waals surface area (Å²) in [6, 6.07) is 18.2. The maximum absolute atomic E-state index is 12.5. The largest absolute Gasteiger partial charge is 0.618 e. The molecule has 0 fully saturated rings. The molecule has 20 heavy (non-hydrogen) atoms. The fourth-order valence-electron chi connectivity index (χ4n) is 2.74. The van der Waals surface area contributed by atoms with Crippen LogP contribution in [-0.4, -0.2) is 0 Å². The first-order valence-corrected chi connectivity index (χ1v) is 6.82. The van der Waals surface area contributed by atoms with Crippen LogP contribution in [-0.2, 0) is 6.42 Å². The molecule has 1 aromatic heterocycles. The number of benzene rings is 2. The number of hydrogen-bond donors (Lipinski definition) is 0. The topological polar surface area (TPSA) is 26.9 Å². The average Bonchev–Trinajstić information content (AvgIpc) is 2.50. The van der Waals surface area contributed by atoms with E-state index in [-0.39, 0.29) is 0 Å². The second-order valence-electron chi connectivity index (χ2n) is 5.16. The summed E-state index contributed by atoms with van der Waals surface area (Å²) >= 11 is 0. The molecule has 0 bridgehead atoms. The minimum atomic E-state index is 0.668. The molecule has 0 unspecified atom stereocenters. The molecule has 2 aromatic carbocycles. The third-order valence-corrected chi connectivity index (χ3v) is 3.92.